The third kappa shape index (κ3) is 3.07. The first kappa shape index (κ1) is 13.0. The molecule has 1 heterocycles. The van der Waals surface area contributed by atoms with Gasteiger partial charge in [0, 0.05) is 6.54 Å². The lowest BCUT2D eigenvalue weighted by molar-refractivity contribution is -0.148. The lowest BCUT2D eigenvalue weighted by Crippen LogP contribution is -2.42. The largest absolute Gasteiger partial charge is 0.469 e. The molecule has 0 spiro atoms. The predicted octanol–water partition coefficient (Wildman–Crippen LogP) is 1.77. The first-order chi connectivity index (χ1) is 8.70. The summed E-state index contributed by atoms with van der Waals surface area (Å²) in [6.45, 7) is 1.58. The van der Waals surface area contributed by atoms with E-state index in [0.717, 1.165) is 24.9 Å². The predicted molar refractivity (Wildman–Crippen MR) is 66.6 cm³/mol. The van der Waals surface area contributed by atoms with Crippen LogP contribution >= 0.6 is 0 Å². The number of halogens is 1. The van der Waals surface area contributed by atoms with E-state index in [-0.39, 0.29) is 23.6 Å². The van der Waals surface area contributed by atoms with Crippen LogP contribution in [0, 0.1) is 17.7 Å². The molecule has 1 aliphatic heterocycles. The average Bonchev–Trinajstić information content (AvgIpc) is 2.41. The molecule has 4 heteroatoms. The molecular formula is C14H18FNO2. The summed E-state index contributed by atoms with van der Waals surface area (Å²) in [4.78, 5) is 11.7. The van der Waals surface area contributed by atoms with E-state index < -0.39 is 0 Å². The number of nitrogens with one attached hydrogen (secondary N) is 1. The zero-order chi connectivity index (χ0) is 13.0. The number of rotatable bonds is 3. The molecule has 1 aromatic carbocycles. The minimum Gasteiger partial charge on any atom is -0.469 e. The maximum Gasteiger partial charge on any atom is 0.310 e. The number of carbonyl (C=O) groups excluding carboxylic acids is 1. The van der Waals surface area contributed by atoms with Crippen molar-refractivity contribution in [1.82, 2.24) is 5.32 Å². The molecule has 1 saturated heterocycles. The zero-order valence-electron chi connectivity index (χ0n) is 10.5. The Labute approximate surface area is 106 Å². The van der Waals surface area contributed by atoms with Crippen LogP contribution in [0.5, 0.6) is 0 Å². The Morgan fingerprint density at radius 2 is 2.17 bits per heavy atom. The SMILES string of the molecule is COC(=O)[C@H]1CNCC[C@@H]1Cc1ccc(F)cc1. The molecule has 2 atom stereocenters. The summed E-state index contributed by atoms with van der Waals surface area (Å²) in [5.41, 5.74) is 1.07. The van der Waals surface area contributed by atoms with Gasteiger partial charge in [-0.15, -0.1) is 0 Å². The number of esters is 1. The van der Waals surface area contributed by atoms with Crippen molar-refractivity contribution in [2.24, 2.45) is 11.8 Å². The summed E-state index contributed by atoms with van der Waals surface area (Å²) in [6, 6.07) is 6.49. The van der Waals surface area contributed by atoms with Crippen molar-refractivity contribution in [3.63, 3.8) is 0 Å². The molecule has 1 N–H and O–H groups in total. The van der Waals surface area contributed by atoms with Gasteiger partial charge in [0.25, 0.3) is 0 Å². The van der Waals surface area contributed by atoms with E-state index in [1.54, 1.807) is 12.1 Å². The van der Waals surface area contributed by atoms with Gasteiger partial charge in [-0.1, -0.05) is 12.1 Å². The van der Waals surface area contributed by atoms with Crippen LogP contribution in [0.25, 0.3) is 0 Å². The fourth-order valence-corrected chi connectivity index (χ4v) is 2.51. The number of methoxy groups -OCH3 is 1. The van der Waals surface area contributed by atoms with Crippen molar-refractivity contribution < 1.29 is 13.9 Å². The summed E-state index contributed by atoms with van der Waals surface area (Å²) in [7, 11) is 1.42. The number of carbonyl (C=O) groups is 1. The summed E-state index contributed by atoms with van der Waals surface area (Å²) >= 11 is 0. The van der Waals surface area contributed by atoms with Crippen LogP contribution in [-0.4, -0.2) is 26.2 Å². The molecule has 0 bridgehead atoms. The molecule has 0 saturated carbocycles. The Bertz CT molecular complexity index is 405. The van der Waals surface area contributed by atoms with E-state index >= 15 is 0 Å². The normalized spacial score (nSPS) is 23.7. The lowest BCUT2D eigenvalue weighted by Gasteiger charge is -2.30. The zero-order valence-corrected chi connectivity index (χ0v) is 10.5. The Kier molecular flexibility index (Phi) is 4.31. The molecule has 1 fully saturated rings. The van der Waals surface area contributed by atoms with Crippen LogP contribution < -0.4 is 5.32 Å². The fraction of sp³-hybridized carbons (Fsp3) is 0.500. The number of ether oxygens (including phenoxy) is 1. The molecule has 0 aromatic heterocycles. The van der Waals surface area contributed by atoms with E-state index in [9.17, 15) is 9.18 Å². The first-order valence-electron chi connectivity index (χ1n) is 6.23. The van der Waals surface area contributed by atoms with E-state index in [0.29, 0.717) is 6.54 Å². The first-order valence-corrected chi connectivity index (χ1v) is 6.23. The van der Waals surface area contributed by atoms with Crippen LogP contribution in [0.1, 0.15) is 12.0 Å². The Morgan fingerprint density at radius 3 is 2.83 bits per heavy atom. The van der Waals surface area contributed by atoms with Gasteiger partial charge in [0.1, 0.15) is 5.82 Å². The van der Waals surface area contributed by atoms with E-state index in [2.05, 4.69) is 5.32 Å². The Hall–Kier alpha value is -1.42. The van der Waals surface area contributed by atoms with Crippen molar-refractivity contribution in [1.29, 1.82) is 0 Å². The molecular weight excluding hydrogens is 233 g/mol. The van der Waals surface area contributed by atoms with Crippen molar-refractivity contribution in [2.75, 3.05) is 20.2 Å². The second kappa shape index (κ2) is 5.96. The molecule has 0 amide bonds. The van der Waals surface area contributed by atoms with Gasteiger partial charge >= 0.3 is 5.97 Å². The second-order valence-corrected chi connectivity index (χ2v) is 4.71. The van der Waals surface area contributed by atoms with E-state index in [1.165, 1.54) is 19.2 Å². The molecule has 1 aromatic rings. The third-order valence-corrected chi connectivity index (χ3v) is 3.54. The van der Waals surface area contributed by atoms with Crippen molar-refractivity contribution >= 4 is 5.97 Å². The Morgan fingerprint density at radius 1 is 1.44 bits per heavy atom. The van der Waals surface area contributed by atoms with E-state index in [4.69, 9.17) is 4.74 Å². The van der Waals surface area contributed by atoms with Crippen LogP contribution in [0.15, 0.2) is 24.3 Å². The highest BCUT2D eigenvalue weighted by molar-refractivity contribution is 5.73. The highest BCUT2D eigenvalue weighted by Crippen LogP contribution is 2.24. The van der Waals surface area contributed by atoms with Gasteiger partial charge in [-0.25, -0.2) is 4.39 Å². The number of benzene rings is 1. The van der Waals surface area contributed by atoms with Crippen LogP contribution in [0.4, 0.5) is 4.39 Å². The van der Waals surface area contributed by atoms with Gasteiger partial charge in [-0.2, -0.15) is 0 Å². The summed E-state index contributed by atoms with van der Waals surface area (Å²) in [5.74, 6) is -0.221. The van der Waals surface area contributed by atoms with Crippen LogP contribution in [0.2, 0.25) is 0 Å². The summed E-state index contributed by atoms with van der Waals surface area (Å²) in [5, 5.41) is 3.21. The molecule has 3 nitrogen and oxygen atoms in total. The fourth-order valence-electron chi connectivity index (χ4n) is 2.51. The second-order valence-electron chi connectivity index (χ2n) is 4.71. The smallest absolute Gasteiger partial charge is 0.310 e. The molecule has 1 aliphatic rings. The van der Waals surface area contributed by atoms with Crippen LogP contribution in [-0.2, 0) is 16.0 Å². The topological polar surface area (TPSA) is 38.3 Å². The minimum atomic E-state index is -0.228. The van der Waals surface area contributed by atoms with Crippen molar-refractivity contribution in [3.05, 3.63) is 35.6 Å². The number of hydrogen-bond donors (Lipinski definition) is 1. The van der Waals surface area contributed by atoms with Gasteiger partial charge in [-0.3, -0.25) is 4.79 Å². The van der Waals surface area contributed by atoms with Gasteiger partial charge < -0.3 is 10.1 Å². The summed E-state index contributed by atoms with van der Waals surface area (Å²) < 4.78 is 17.7. The number of piperidine rings is 1. The third-order valence-electron chi connectivity index (χ3n) is 3.54. The summed E-state index contributed by atoms with van der Waals surface area (Å²) in [6.07, 6.45) is 1.73. The minimum absolute atomic E-state index is 0.103. The maximum absolute atomic E-state index is 12.8. The average molecular weight is 251 g/mol. The monoisotopic (exact) mass is 251 g/mol. The van der Waals surface area contributed by atoms with Crippen molar-refractivity contribution in [3.8, 4) is 0 Å². The molecule has 0 radical (unpaired) electrons. The van der Waals surface area contributed by atoms with Gasteiger partial charge in [0.2, 0.25) is 0 Å². The highest BCUT2D eigenvalue weighted by atomic mass is 19.1. The molecule has 18 heavy (non-hydrogen) atoms. The standard InChI is InChI=1S/C14H18FNO2/c1-18-14(17)13-9-16-7-6-11(13)8-10-2-4-12(15)5-3-10/h2-5,11,13,16H,6-9H2,1H3/t11-,13+/m1/s1. The van der Waals surface area contributed by atoms with Gasteiger partial charge in [0.15, 0.2) is 0 Å². The molecule has 2 rings (SSSR count). The maximum atomic E-state index is 12.8. The molecule has 0 unspecified atom stereocenters. The number of hydrogen-bond acceptors (Lipinski definition) is 3. The Balaban J connectivity index is 2.05. The molecule has 0 aliphatic carbocycles. The lowest BCUT2D eigenvalue weighted by atomic mass is 9.82. The van der Waals surface area contributed by atoms with Crippen LogP contribution in [0.3, 0.4) is 0 Å². The van der Waals surface area contributed by atoms with E-state index in [1.807, 2.05) is 0 Å². The van der Waals surface area contributed by atoms with Crippen molar-refractivity contribution in [2.45, 2.75) is 12.8 Å². The highest BCUT2D eigenvalue weighted by Gasteiger charge is 2.31. The van der Waals surface area contributed by atoms with Gasteiger partial charge in [-0.05, 0) is 43.0 Å². The molecule has 98 valence electrons. The van der Waals surface area contributed by atoms with Gasteiger partial charge in [0.05, 0.1) is 13.0 Å². The quantitative estimate of drug-likeness (QED) is 0.832.